The summed E-state index contributed by atoms with van der Waals surface area (Å²) in [4.78, 5) is 35.0. The summed E-state index contributed by atoms with van der Waals surface area (Å²) < 4.78 is 9.42. The van der Waals surface area contributed by atoms with E-state index in [1.807, 2.05) is 24.3 Å². The van der Waals surface area contributed by atoms with Gasteiger partial charge in [-0.05, 0) is 36.8 Å². The Morgan fingerprint density at radius 2 is 1.62 bits per heavy atom. The predicted octanol–water partition coefficient (Wildman–Crippen LogP) is 3.03. The van der Waals surface area contributed by atoms with Gasteiger partial charge >= 0.3 is 18.0 Å². The molecule has 2 rings (SSSR count). The molecule has 152 valence electrons. The number of alkyl carbamates (subject to hydrolysis) is 1. The number of amides is 1. The molecule has 0 saturated carbocycles. The van der Waals surface area contributed by atoms with Crippen molar-refractivity contribution in [2.45, 2.75) is 13.0 Å². The minimum Gasteiger partial charge on any atom is -0.465 e. The Morgan fingerprint density at radius 1 is 0.966 bits per heavy atom. The summed E-state index contributed by atoms with van der Waals surface area (Å²) in [5.74, 6) is -1.06. The van der Waals surface area contributed by atoms with Crippen molar-refractivity contribution in [3.63, 3.8) is 0 Å². The number of rotatable bonds is 8. The summed E-state index contributed by atoms with van der Waals surface area (Å²) in [6, 6.07) is 15.2. The topological polar surface area (TPSA) is 93.7 Å². The molecule has 0 unspecified atom stereocenters. The van der Waals surface area contributed by atoms with E-state index in [0.717, 1.165) is 5.56 Å². The number of hydrogen-bond acceptors (Lipinski definition) is 6. The summed E-state index contributed by atoms with van der Waals surface area (Å²) in [7, 11) is 1.35. The quantitative estimate of drug-likeness (QED) is 0.405. The van der Waals surface area contributed by atoms with E-state index in [1.165, 1.54) is 7.11 Å². The van der Waals surface area contributed by atoms with E-state index in [9.17, 15) is 14.4 Å². The van der Waals surface area contributed by atoms with Crippen LogP contribution in [-0.2, 0) is 9.47 Å². The molecular formula is C22H24N2O5. The Morgan fingerprint density at radius 3 is 2.28 bits per heavy atom. The van der Waals surface area contributed by atoms with Crippen LogP contribution in [0, 0.1) is 0 Å². The van der Waals surface area contributed by atoms with Crippen LogP contribution in [0.5, 0.6) is 0 Å². The van der Waals surface area contributed by atoms with E-state index in [4.69, 9.17) is 4.74 Å². The lowest BCUT2D eigenvalue weighted by Crippen LogP contribution is -2.41. The Kier molecular flexibility index (Phi) is 8.59. The van der Waals surface area contributed by atoms with Crippen molar-refractivity contribution in [2.75, 3.05) is 20.2 Å². The second-order valence-electron chi connectivity index (χ2n) is 6.26. The lowest BCUT2D eigenvalue weighted by Gasteiger charge is -2.13. The lowest BCUT2D eigenvalue weighted by molar-refractivity contribution is 0.0595. The maximum atomic E-state index is 11.8. The van der Waals surface area contributed by atoms with Crippen molar-refractivity contribution in [3.8, 4) is 0 Å². The highest BCUT2D eigenvalue weighted by atomic mass is 16.6. The van der Waals surface area contributed by atoms with Gasteiger partial charge < -0.3 is 20.1 Å². The average molecular weight is 396 g/mol. The highest BCUT2D eigenvalue weighted by Gasteiger charge is 2.14. The average Bonchev–Trinajstić information content (AvgIpc) is 2.73. The van der Waals surface area contributed by atoms with Gasteiger partial charge in [-0.15, -0.1) is 0 Å². The van der Waals surface area contributed by atoms with Gasteiger partial charge in [0.2, 0.25) is 0 Å². The SMILES string of the molecule is COC(=O)c1ccc(/C=C/CNC[C@@H](C)NC(=O)OC(=O)c2ccccc2)cc1. The normalized spacial score (nSPS) is 11.7. The van der Waals surface area contributed by atoms with Crippen LogP contribution in [-0.4, -0.2) is 44.3 Å². The van der Waals surface area contributed by atoms with E-state index in [1.54, 1.807) is 49.4 Å². The molecule has 2 N–H and O–H groups in total. The number of carbonyl (C=O) groups excluding carboxylic acids is 3. The first-order valence-electron chi connectivity index (χ1n) is 9.13. The Balaban J connectivity index is 1.66. The number of esters is 2. The molecule has 0 fully saturated rings. The zero-order chi connectivity index (χ0) is 21.1. The molecule has 0 bridgehead atoms. The van der Waals surface area contributed by atoms with Gasteiger partial charge in [0, 0.05) is 19.1 Å². The third kappa shape index (κ3) is 7.59. The first-order valence-corrected chi connectivity index (χ1v) is 9.13. The first kappa shape index (κ1) is 21.8. The predicted molar refractivity (Wildman–Crippen MR) is 110 cm³/mol. The van der Waals surface area contributed by atoms with Crippen molar-refractivity contribution in [2.24, 2.45) is 0 Å². The van der Waals surface area contributed by atoms with Crippen molar-refractivity contribution in [1.82, 2.24) is 10.6 Å². The standard InChI is InChI=1S/C22H24N2O5/c1-16(24-22(27)29-21(26)18-8-4-3-5-9-18)15-23-14-6-7-17-10-12-19(13-11-17)20(25)28-2/h3-13,16,23H,14-15H2,1-2H3,(H,24,27)/b7-6+/t16-/m1/s1. The van der Waals surface area contributed by atoms with Crippen LogP contribution >= 0.6 is 0 Å². The Hall–Kier alpha value is -3.45. The molecule has 0 heterocycles. The molecular weight excluding hydrogens is 372 g/mol. The molecule has 1 atom stereocenters. The lowest BCUT2D eigenvalue weighted by atomic mass is 10.1. The molecule has 0 aliphatic heterocycles. The second kappa shape index (κ2) is 11.4. The molecule has 7 nitrogen and oxygen atoms in total. The molecule has 29 heavy (non-hydrogen) atoms. The van der Waals surface area contributed by atoms with Gasteiger partial charge in [0.1, 0.15) is 0 Å². The number of carbonyl (C=O) groups is 3. The minimum absolute atomic E-state index is 0.223. The van der Waals surface area contributed by atoms with Crippen LogP contribution in [0.3, 0.4) is 0 Å². The zero-order valence-corrected chi connectivity index (χ0v) is 16.4. The fourth-order valence-corrected chi connectivity index (χ4v) is 2.43. The third-order valence-electron chi connectivity index (χ3n) is 3.91. The number of methoxy groups -OCH3 is 1. The van der Waals surface area contributed by atoms with Gasteiger partial charge in [0.25, 0.3) is 0 Å². The fourth-order valence-electron chi connectivity index (χ4n) is 2.43. The smallest absolute Gasteiger partial charge is 0.415 e. The molecule has 0 aliphatic rings. The van der Waals surface area contributed by atoms with Crippen LogP contribution in [0.1, 0.15) is 33.2 Å². The van der Waals surface area contributed by atoms with Gasteiger partial charge in [0.15, 0.2) is 0 Å². The molecule has 0 radical (unpaired) electrons. The number of ether oxygens (including phenoxy) is 2. The van der Waals surface area contributed by atoms with Crippen LogP contribution in [0.15, 0.2) is 60.7 Å². The first-order chi connectivity index (χ1) is 14.0. The van der Waals surface area contributed by atoms with Crippen molar-refractivity contribution in [3.05, 3.63) is 77.4 Å². The van der Waals surface area contributed by atoms with Gasteiger partial charge in [0.05, 0.1) is 18.2 Å². The maximum absolute atomic E-state index is 11.8. The molecule has 2 aromatic rings. The van der Waals surface area contributed by atoms with E-state index < -0.39 is 12.1 Å². The minimum atomic E-state index is -0.783. The summed E-state index contributed by atoms with van der Waals surface area (Å²) in [6.07, 6.45) is 3.06. The third-order valence-corrected chi connectivity index (χ3v) is 3.91. The van der Waals surface area contributed by atoms with Gasteiger partial charge in [-0.3, -0.25) is 0 Å². The summed E-state index contributed by atoms with van der Waals surface area (Å²) in [5.41, 5.74) is 1.77. The fraction of sp³-hybridized carbons (Fsp3) is 0.227. The molecule has 0 saturated heterocycles. The summed E-state index contributed by atoms with van der Waals surface area (Å²) >= 11 is 0. The van der Waals surface area contributed by atoms with Crippen molar-refractivity contribution < 1.29 is 23.9 Å². The van der Waals surface area contributed by atoms with E-state index in [-0.39, 0.29) is 12.0 Å². The number of hydrogen-bond donors (Lipinski definition) is 2. The second-order valence-corrected chi connectivity index (χ2v) is 6.26. The van der Waals surface area contributed by atoms with E-state index in [0.29, 0.717) is 24.2 Å². The Bertz CT molecular complexity index is 847. The highest BCUT2D eigenvalue weighted by molar-refractivity contribution is 5.96. The molecule has 0 spiro atoms. The van der Waals surface area contributed by atoms with Crippen molar-refractivity contribution >= 4 is 24.1 Å². The molecule has 0 aliphatic carbocycles. The molecule has 7 heteroatoms. The zero-order valence-electron chi connectivity index (χ0n) is 16.4. The van der Waals surface area contributed by atoms with Crippen LogP contribution < -0.4 is 10.6 Å². The summed E-state index contributed by atoms with van der Waals surface area (Å²) in [6.45, 7) is 2.89. The number of benzene rings is 2. The summed E-state index contributed by atoms with van der Waals surface area (Å²) in [5, 5.41) is 5.77. The number of nitrogens with one attached hydrogen (secondary N) is 2. The van der Waals surface area contributed by atoms with E-state index >= 15 is 0 Å². The Labute approximate surface area is 169 Å². The molecule has 2 aromatic carbocycles. The van der Waals surface area contributed by atoms with Gasteiger partial charge in [-0.2, -0.15) is 0 Å². The van der Waals surface area contributed by atoms with Gasteiger partial charge in [-0.1, -0.05) is 42.5 Å². The maximum Gasteiger partial charge on any atom is 0.415 e. The largest absolute Gasteiger partial charge is 0.465 e. The van der Waals surface area contributed by atoms with Crippen LogP contribution in [0.4, 0.5) is 4.79 Å². The van der Waals surface area contributed by atoms with Crippen LogP contribution in [0.2, 0.25) is 0 Å². The van der Waals surface area contributed by atoms with Gasteiger partial charge in [-0.25, -0.2) is 14.4 Å². The highest BCUT2D eigenvalue weighted by Crippen LogP contribution is 2.07. The van der Waals surface area contributed by atoms with E-state index in [2.05, 4.69) is 15.4 Å². The molecule has 0 aromatic heterocycles. The monoisotopic (exact) mass is 396 g/mol. The van der Waals surface area contributed by atoms with Crippen molar-refractivity contribution in [1.29, 1.82) is 0 Å². The van der Waals surface area contributed by atoms with Crippen LogP contribution in [0.25, 0.3) is 6.08 Å². The molecule has 1 amide bonds.